The van der Waals surface area contributed by atoms with Crippen molar-refractivity contribution in [1.82, 2.24) is 0 Å². The molecule has 0 spiro atoms. The van der Waals surface area contributed by atoms with Crippen molar-refractivity contribution in [2.24, 2.45) is 15.3 Å². The summed E-state index contributed by atoms with van der Waals surface area (Å²) in [7, 11) is -4.45. The van der Waals surface area contributed by atoms with Crippen LogP contribution in [0, 0.1) is 0 Å². The summed E-state index contributed by atoms with van der Waals surface area (Å²) in [5.41, 5.74) is 3.26. The van der Waals surface area contributed by atoms with Crippen LogP contribution in [0.5, 0.6) is 11.5 Å². The van der Waals surface area contributed by atoms with Gasteiger partial charge in [0.2, 0.25) is 5.84 Å². The van der Waals surface area contributed by atoms with Crippen molar-refractivity contribution in [3.05, 3.63) is 78.4 Å². The van der Waals surface area contributed by atoms with Crippen LogP contribution in [0.25, 0.3) is 0 Å². The zero-order valence-corrected chi connectivity index (χ0v) is 15.7. The van der Waals surface area contributed by atoms with E-state index in [-0.39, 0.29) is 28.7 Å². The van der Waals surface area contributed by atoms with Crippen LogP contribution in [0.3, 0.4) is 0 Å². The highest BCUT2D eigenvalue weighted by Gasteiger charge is 2.13. The molecule has 4 N–H and O–H groups in total. The monoisotopic (exact) mass is 412 g/mol. The van der Waals surface area contributed by atoms with E-state index in [1.54, 1.807) is 48.5 Å². The molecular formula is C19H16N4O5S. The molecule has 0 aliphatic carbocycles. The van der Waals surface area contributed by atoms with E-state index in [0.717, 1.165) is 18.2 Å². The molecule has 0 aliphatic rings. The number of azo groups is 1. The third kappa shape index (κ3) is 5.15. The molecule has 148 valence electrons. The normalized spacial score (nSPS) is 12.2. The van der Waals surface area contributed by atoms with Crippen molar-refractivity contribution in [1.29, 1.82) is 0 Å². The van der Waals surface area contributed by atoms with Gasteiger partial charge in [-0.2, -0.15) is 13.5 Å². The molecule has 10 heteroatoms. The number of benzene rings is 3. The highest BCUT2D eigenvalue weighted by atomic mass is 32.2. The van der Waals surface area contributed by atoms with E-state index in [2.05, 4.69) is 20.8 Å². The first-order chi connectivity index (χ1) is 13.8. The summed E-state index contributed by atoms with van der Waals surface area (Å²) >= 11 is 0. The van der Waals surface area contributed by atoms with Gasteiger partial charge in [0.15, 0.2) is 0 Å². The number of nitrogens with one attached hydrogen (secondary N) is 1. The van der Waals surface area contributed by atoms with E-state index in [9.17, 15) is 18.6 Å². The minimum atomic E-state index is -4.45. The van der Waals surface area contributed by atoms with Crippen LogP contribution >= 0.6 is 0 Å². The minimum Gasteiger partial charge on any atom is -0.506 e. The summed E-state index contributed by atoms with van der Waals surface area (Å²) in [6.07, 6.45) is 0. The Hall–Kier alpha value is -3.76. The van der Waals surface area contributed by atoms with E-state index < -0.39 is 15.0 Å². The molecule has 0 bridgehead atoms. The minimum absolute atomic E-state index is 0.0601. The fraction of sp³-hybridized carbons (Fsp3) is 0. The number of amidine groups is 1. The smallest absolute Gasteiger partial charge is 0.294 e. The van der Waals surface area contributed by atoms with Crippen LogP contribution < -0.4 is 5.43 Å². The summed E-state index contributed by atoms with van der Waals surface area (Å²) < 4.78 is 31.8. The molecule has 0 saturated carbocycles. The van der Waals surface area contributed by atoms with Crippen LogP contribution in [0.1, 0.15) is 5.56 Å². The van der Waals surface area contributed by atoms with Gasteiger partial charge in [-0.25, -0.2) is 0 Å². The molecule has 0 fully saturated rings. The molecule has 0 heterocycles. The van der Waals surface area contributed by atoms with Crippen molar-refractivity contribution in [2.75, 3.05) is 5.43 Å². The van der Waals surface area contributed by atoms with E-state index in [4.69, 9.17) is 4.55 Å². The van der Waals surface area contributed by atoms with Gasteiger partial charge in [-0.1, -0.05) is 42.5 Å². The number of hydrazone groups is 1. The number of phenolic OH excluding ortho intramolecular Hbond substituents is 2. The molecule has 3 rings (SSSR count). The maximum absolute atomic E-state index is 11.3. The summed E-state index contributed by atoms with van der Waals surface area (Å²) in [5, 5.41) is 31.9. The van der Waals surface area contributed by atoms with Gasteiger partial charge < -0.3 is 10.2 Å². The van der Waals surface area contributed by atoms with Gasteiger partial charge in [-0.15, -0.1) is 10.2 Å². The molecule has 0 saturated heterocycles. The van der Waals surface area contributed by atoms with Crippen molar-refractivity contribution in [2.45, 2.75) is 4.90 Å². The second-order valence-electron chi connectivity index (χ2n) is 5.76. The number of para-hydroxylation sites is 1. The first kappa shape index (κ1) is 20.0. The lowest BCUT2D eigenvalue weighted by molar-refractivity contribution is 0.474. The standard InChI is InChI=1S/C19H16N4O5S/c24-17-9-5-4-8-15(17)20-22-19(13-6-2-1-3-7-13)23-21-16-12-14(29(26,27)28)10-11-18(16)25/h1-12,21,24-25H,(H,26,27,28)/b22-20?,23-19+. The van der Waals surface area contributed by atoms with Crippen LogP contribution in [-0.2, 0) is 10.1 Å². The number of anilines is 1. The van der Waals surface area contributed by atoms with Gasteiger partial charge in [0.05, 0.1) is 10.6 Å². The van der Waals surface area contributed by atoms with Crippen LogP contribution in [0.2, 0.25) is 0 Å². The van der Waals surface area contributed by atoms with Crippen molar-refractivity contribution < 1.29 is 23.2 Å². The van der Waals surface area contributed by atoms with Crippen LogP contribution in [0.15, 0.2) is 93.0 Å². The lowest BCUT2D eigenvalue weighted by Gasteiger charge is -2.07. The number of hydrogen-bond donors (Lipinski definition) is 4. The molecule has 29 heavy (non-hydrogen) atoms. The van der Waals surface area contributed by atoms with E-state index in [1.165, 1.54) is 6.07 Å². The average Bonchev–Trinajstić information content (AvgIpc) is 2.70. The third-order valence-corrected chi connectivity index (χ3v) is 4.56. The van der Waals surface area contributed by atoms with Gasteiger partial charge in [-0.3, -0.25) is 9.98 Å². The summed E-state index contributed by atoms with van der Waals surface area (Å²) in [6, 6.07) is 18.3. The Bertz CT molecular complexity index is 1180. The first-order valence-corrected chi connectivity index (χ1v) is 9.68. The van der Waals surface area contributed by atoms with Crippen molar-refractivity contribution in [3.8, 4) is 11.5 Å². The van der Waals surface area contributed by atoms with E-state index in [1.807, 2.05) is 0 Å². The molecule has 9 nitrogen and oxygen atoms in total. The van der Waals surface area contributed by atoms with Gasteiger partial charge >= 0.3 is 0 Å². The number of phenols is 2. The highest BCUT2D eigenvalue weighted by molar-refractivity contribution is 7.85. The second-order valence-corrected chi connectivity index (χ2v) is 7.18. The molecule has 0 aliphatic heterocycles. The summed E-state index contributed by atoms with van der Waals surface area (Å²) in [4.78, 5) is -0.412. The molecule has 0 atom stereocenters. The molecule has 0 unspecified atom stereocenters. The van der Waals surface area contributed by atoms with E-state index in [0.29, 0.717) is 5.56 Å². The number of hydrogen-bond acceptors (Lipinski definition) is 7. The Labute approximate surface area is 166 Å². The van der Waals surface area contributed by atoms with Crippen LogP contribution in [-0.4, -0.2) is 29.0 Å². The second kappa shape index (κ2) is 8.50. The topological polar surface area (TPSA) is 144 Å². The third-order valence-electron chi connectivity index (χ3n) is 3.71. The van der Waals surface area contributed by atoms with Gasteiger partial charge in [-0.05, 0) is 30.3 Å². The SMILES string of the molecule is O=S(=O)(O)c1ccc(O)c(N/N=C(/N=Nc2ccccc2O)c2ccccc2)c1. The zero-order chi connectivity index (χ0) is 20.9. The Morgan fingerprint density at radius 1 is 0.862 bits per heavy atom. The predicted molar refractivity (Wildman–Crippen MR) is 107 cm³/mol. The Morgan fingerprint density at radius 3 is 2.24 bits per heavy atom. The number of rotatable bonds is 5. The average molecular weight is 412 g/mol. The molecular weight excluding hydrogens is 396 g/mol. The maximum Gasteiger partial charge on any atom is 0.294 e. The van der Waals surface area contributed by atoms with Gasteiger partial charge in [0.1, 0.15) is 17.2 Å². The Balaban J connectivity index is 1.97. The Morgan fingerprint density at radius 2 is 1.55 bits per heavy atom. The summed E-state index contributed by atoms with van der Waals surface area (Å²) in [6.45, 7) is 0. The maximum atomic E-state index is 11.3. The predicted octanol–water partition coefficient (Wildman–Crippen LogP) is 3.90. The quantitative estimate of drug-likeness (QED) is 0.125. The largest absolute Gasteiger partial charge is 0.506 e. The fourth-order valence-corrected chi connectivity index (χ4v) is 2.77. The molecule has 3 aromatic carbocycles. The van der Waals surface area contributed by atoms with Crippen molar-refractivity contribution >= 4 is 27.3 Å². The molecule has 0 radical (unpaired) electrons. The first-order valence-electron chi connectivity index (χ1n) is 8.24. The molecule has 0 amide bonds. The number of nitrogens with zero attached hydrogens (tertiary/aromatic N) is 3. The van der Waals surface area contributed by atoms with Gasteiger partial charge in [0, 0.05) is 5.56 Å². The molecule has 0 aromatic heterocycles. The van der Waals surface area contributed by atoms with Crippen LogP contribution in [0.4, 0.5) is 11.4 Å². The molecule has 3 aromatic rings. The van der Waals surface area contributed by atoms with Gasteiger partial charge in [0.25, 0.3) is 10.1 Å². The lowest BCUT2D eigenvalue weighted by Crippen LogP contribution is -2.03. The Kier molecular flexibility index (Phi) is 5.86. The number of aromatic hydroxyl groups is 2. The zero-order valence-electron chi connectivity index (χ0n) is 14.8. The highest BCUT2D eigenvalue weighted by Crippen LogP contribution is 2.27. The fourth-order valence-electron chi connectivity index (χ4n) is 2.26. The summed E-state index contributed by atoms with van der Waals surface area (Å²) in [5.74, 6) is -0.244. The van der Waals surface area contributed by atoms with Crippen molar-refractivity contribution in [3.63, 3.8) is 0 Å². The van der Waals surface area contributed by atoms with E-state index >= 15 is 0 Å². The lowest BCUT2D eigenvalue weighted by atomic mass is 10.2.